The Hall–Kier alpha value is -1.84. The Morgan fingerprint density at radius 1 is 1.00 bits per heavy atom. The van der Waals surface area contributed by atoms with Crippen molar-refractivity contribution in [2.45, 2.75) is 71.3 Å². The standard InChI is InChI=1S/C19H28O4/c1-3-4-5-6-7-8-9-10-18(19(21)22)23-17-13-11-16(12-14-17)15(2)20/h11-14,18H,3-10H2,1-2H3,(H,21,22). The van der Waals surface area contributed by atoms with Crippen LogP contribution < -0.4 is 4.74 Å². The highest BCUT2D eigenvalue weighted by Gasteiger charge is 2.18. The van der Waals surface area contributed by atoms with Crippen LogP contribution in [0.5, 0.6) is 5.75 Å². The maximum atomic E-state index is 11.3. The number of carbonyl (C=O) groups excluding carboxylic acids is 1. The highest BCUT2D eigenvalue weighted by Crippen LogP contribution is 2.17. The molecule has 0 radical (unpaired) electrons. The summed E-state index contributed by atoms with van der Waals surface area (Å²) in [6.45, 7) is 3.69. The zero-order valence-corrected chi connectivity index (χ0v) is 14.2. The van der Waals surface area contributed by atoms with E-state index < -0.39 is 12.1 Å². The van der Waals surface area contributed by atoms with Crippen LogP contribution in [0.1, 0.15) is 75.6 Å². The number of Topliss-reactive ketones (excluding diaryl/α,β-unsaturated/α-hetero) is 1. The second kappa shape index (κ2) is 10.8. The molecular formula is C19H28O4. The molecule has 0 amide bonds. The van der Waals surface area contributed by atoms with Crippen LogP contribution in [0.25, 0.3) is 0 Å². The molecule has 0 aromatic heterocycles. The van der Waals surface area contributed by atoms with Crippen LogP contribution in [0.2, 0.25) is 0 Å². The van der Waals surface area contributed by atoms with Crippen LogP contribution in [-0.4, -0.2) is 23.0 Å². The number of hydrogen-bond acceptors (Lipinski definition) is 3. The van der Waals surface area contributed by atoms with Crippen LogP contribution in [0.3, 0.4) is 0 Å². The van der Waals surface area contributed by atoms with Crippen LogP contribution in [0.4, 0.5) is 0 Å². The van der Waals surface area contributed by atoms with Crippen molar-refractivity contribution in [2.24, 2.45) is 0 Å². The van der Waals surface area contributed by atoms with Gasteiger partial charge in [-0.05, 0) is 44.0 Å². The smallest absolute Gasteiger partial charge is 0.344 e. The summed E-state index contributed by atoms with van der Waals surface area (Å²) in [5, 5.41) is 9.27. The summed E-state index contributed by atoms with van der Waals surface area (Å²) in [4.78, 5) is 22.5. The van der Waals surface area contributed by atoms with Crippen molar-refractivity contribution in [1.29, 1.82) is 0 Å². The lowest BCUT2D eigenvalue weighted by atomic mass is 10.1. The molecule has 0 bridgehead atoms. The van der Waals surface area contributed by atoms with E-state index >= 15 is 0 Å². The second-order valence-corrected chi connectivity index (χ2v) is 5.94. The SMILES string of the molecule is CCCCCCCCCC(Oc1ccc(C(C)=O)cc1)C(=O)O. The third-order valence-electron chi connectivity index (χ3n) is 3.88. The van der Waals surface area contributed by atoms with Gasteiger partial charge in [-0.2, -0.15) is 0 Å². The molecule has 0 aliphatic carbocycles. The van der Waals surface area contributed by atoms with E-state index in [1.165, 1.54) is 32.6 Å². The average molecular weight is 320 g/mol. The number of hydrogen-bond donors (Lipinski definition) is 1. The zero-order chi connectivity index (χ0) is 17.1. The first kappa shape index (κ1) is 19.2. The predicted octanol–water partition coefficient (Wildman–Crippen LogP) is 4.86. The van der Waals surface area contributed by atoms with Crippen LogP contribution >= 0.6 is 0 Å². The molecule has 0 heterocycles. The normalized spacial score (nSPS) is 11.9. The number of carboxylic acid groups (broad SMARTS) is 1. The number of unbranched alkanes of at least 4 members (excludes halogenated alkanes) is 6. The van der Waals surface area contributed by atoms with Gasteiger partial charge in [-0.3, -0.25) is 4.79 Å². The number of carboxylic acids is 1. The monoisotopic (exact) mass is 320 g/mol. The Balaban J connectivity index is 2.37. The lowest BCUT2D eigenvalue weighted by Gasteiger charge is -2.15. The molecule has 0 saturated carbocycles. The molecule has 0 aliphatic heterocycles. The third kappa shape index (κ3) is 7.82. The van der Waals surface area contributed by atoms with E-state index in [4.69, 9.17) is 4.74 Å². The number of ketones is 1. The number of rotatable bonds is 12. The average Bonchev–Trinajstić information content (AvgIpc) is 2.53. The number of benzene rings is 1. The first-order valence-electron chi connectivity index (χ1n) is 8.55. The van der Waals surface area contributed by atoms with Gasteiger partial charge in [-0.25, -0.2) is 4.79 Å². The van der Waals surface area contributed by atoms with Crippen molar-refractivity contribution in [1.82, 2.24) is 0 Å². The zero-order valence-electron chi connectivity index (χ0n) is 14.2. The maximum absolute atomic E-state index is 11.3. The number of aliphatic carboxylic acids is 1. The second-order valence-electron chi connectivity index (χ2n) is 5.94. The summed E-state index contributed by atoms with van der Waals surface area (Å²) in [5.74, 6) is -0.466. The fraction of sp³-hybridized carbons (Fsp3) is 0.579. The van der Waals surface area contributed by atoms with Gasteiger partial charge in [0, 0.05) is 5.56 Å². The minimum atomic E-state index is -0.938. The van der Waals surface area contributed by atoms with Gasteiger partial charge < -0.3 is 9.84 Å². The molecule has 1 aromatic carbocycles. The highest BCUT2D eigenvalue weighted by atomic mass is 16.5. The molecular weight excluding hydrogens is 292 g/mol. The first-order chi connectivity index (χ1) is 11.0. The molecule has 1 unspecified atom stereocenters. The fourth-order valence-electron chi connectivity index (χ4n) is 2.45. The van der Waals surface area contributed by atoms with Gasteiger partial charge in [-0.15, -0.1) is 0 Å². The van der Waals surface area contributed by atoms with Gasteiger partial charge in [0.25, 0.3) is 0 Å². The molecule has 1 atom stereocenters. The fourth-order valence-corrected chi connectivity index (χ4v) is 2.45. The van der Waals surface area contributed by atoms with E-state index in [0.29, 0.717) is 17.7 Å². The highest BCUT2D eigenvalue weighted by molar-refractivity contribution is 5.94. The van der Waals surface area contributed by atoms with E-state index in [2.05, 4.69) is 6.92 Å². The van der Waals surface area contributed by atoms with E-state index in [1.807, 2.05) is 0 Å². The Bertz CT molecular complexity index is 479. The number of carbonyl (C=O) groups is 2. The Labute approximate surface area is 138 Å². The lowest BCUT2D eigenvalue weighted by Crippen LogP contribution is -2.26. The third-order valence-corrected chi connectivity index (χ3v) is 3.88. The molecule has 1 aromatic rings. The first-order valence-corrected chi connectivity index (χ1v) is 8.55. The van der Waals surface area contributed by atoms with Gasteiger partial charge in [0.1, 0.15) is 5.75 Å². The van der Waals surface area contributed by atoms with Gasteiger partial charge in [0.2, 0.25) is 0 Å². The van der Waals surface area contributed by atoms with E-state index in [0.717, 1.165) is 19.3 Å². The molecule has 23 heavy (non-hydrogen) atoms. The Morgan fingerprint density at radius 3 is 2.09 bits per heavy atom. The van der Waals surface area contributed by atoms with Crippen molar-refractivity contribution < 1.29 is 19.4 Å². The van der Waals surface area contributed by atoms with E-state index in [9.17, 15) is 14.7 Å². The topological polar surface area (TPSA) is 63.6 Å². The molecule has 1 rings (SSSR count). The number of ether oxygens (including phenoxy) is 1. The molecule has 0 spiro atoms. The molecule has 1 N–H and O–H groups in total. The van der Waals surface area contributed by atoms with Gasteiger partial charge in [-0.1, -0.05) is 45.4 Å². The molecule has 128 valence electrons. The van der Waals surface area contributed by atoms with Crippen molar-refractivity contribution in [3.63, 3.8) is 0 Å². The van der Waals surface area contributed by atoms with Gasteiger partial charge >= 0.3 is 5.97 Å². The molecule has 0 saturated heterocycles. The van der Waals surface area contributed by atoms with Gasteiger partial charge in [0.05, 0.1) is 0 Å². The molecule has 0 aliphatic rings. The molecule has 0 fully saturated rings. The predicted molar refractivity (Wildman–Crippen MR) is 91.1 cm³/mol. The molecule has 4 nitrogen and oxygen atoms in total. The van der Waals surface area contributed by atoms with Crippen molar-refractivity contribution >= 4 is 11.8 Å². The van der Waals surface area contributed by atoms with Crippen LogP contribution in [0, 0.1) is 0 Å². The lowest BCUT2D eigenvalue weighted by molar-refractivity contribution is -0.145. The van der Waals surface area contributed by atoms with Gasteiger partial charge in [0.15, 0.2) is 11.9 Å². The largest absolute Gasteiger partial charge is 0.479 e. The minimum absolute atomic E-state index is 0.0191. The Morgan fingerprint density at radius 2 is 1.57 bits per heavy atom. The minimum Gasteiger partial charge on any atom is -0.479 e. The summed E-state index contributed by atoms with van der Waals surface area (Å²) in [7, 11) is 0. The molecule has 4 heteroatoms. The van der Waals surface area contributed by atoms with E-state index in [1.54, 1.807) is 24.3 Å². The summed E-state index contributed by atoms with van der Waals surface area (Å²) >= 11 is 0. The quantitative estimate of drug-likeness (QED) is 0.441. The van der Waals surface area contributed by atoms with Crippen molar-refractivity contribution in [2.75, 3.05) is 0 Å². The Kier molecular flexibility index (Phi) is 9.03. The maximum Gasteiger partial charge on any atom is 0.344 e. The van der Waals surface area contributed by atoms with Crippen LogP contribution in [0.15, 0.2) is 24.3 Å². The summed E-state index contributed by atoms with van der Waals surface area (Å²) in [5.41, 5.74) is 0.594. The van der Waals surface area contributed by atoms with Crippen LogP contribution in [-0.2, 0) is 4.79 Å². The summed E-state index contributed by atoms with van der Waals surface area (Å²) in [6.07, 6.45) is 7.73. The summed E-state index contributed by atoms with van der Waals surface area (Å²) in [6, 6.07) is 6.61. The summed E-state index contributed by atoms with van der Waals surface area (Å²) < 4.78 is 5.54. The van der Waals surface area contributed by atoms with E-state index in [-0.39, 0.29) is 5.78 Å². The van der Waals surface area contributed by atoms with Crippen molar-refractivity contribution in [3.8, 4) is 5.75 Å². The van der Waals surface area contributed by atoms with Crippen molar-refractivity contribution in [3.05, 3.63) is 29.8 Å².